The van der Waals surface area contributed by atoms with Crippen LogP contribution in [-0.4, -0.2) is 30.3 Å². The number of rotatable bonds is 8. The van der Waals surface area contributed by atoms with Crippen molar-refractivity contribution in [3.8, 4) is 5.75 Å². The van der Waals surface area contributed by atoms with Gasteiger partial charge >= 0.3 is 0 Å². The highest BCUT2D eigenvalue weighted by molar-refractivity contribution is 5.76. The lowest BCUT2D eigenvalue weighted by molar-refractivity contribution is -0.122. The summed E-state index contributed by atoms with van der Waals surface area (Å²) >= 11 is 0. The Bertz CT molecular complexity index is 432. The molecular weight excluding hydrogens is 254 g/mol. The van der Waals surface area contributed by atoms with Crippen molar-refractivity contribution in [1.29, 1.82) is 0 Å². The summed E-state index contributed by atoms with van der Waals surface area (Å²) in [5, 5.41) is 12.2. The van der Waals surface area contributed by atoms with Gasteiger partial charge in [-0.15, -0.1) is 0 Å². The highest BCUT2D eigenvalue weighted by Crippen LogP contribution is 2.20. The third kappa shape index (κ3) is 5.61. The second-order valence-electron chi connectivity index (χ2n) is 5.04. The normalized spacial score (nSPS) is 12.0. The van der Waals surface area contributed by atoms with Gasteiger partial charge in [-0.2, -0.15) is 0 Å². The van der Waals surface area contributed by atoms with Gasteiger partial charge in [0, 0.05) is 6.54 Å². The molecule has 112 valence electrons. The van der Waals surface area contributed by atoms with Crippen LogP contribution in [0.2, 0.25) is 0 Å². The first kappa shape index (κ1) is 16.5. The first-order chi connectivity index (χ1) is 9.54. The van der Waals surface area contributed by atoms with Gasteiger partial charge in [-0.1, -0.05) is 25.5 Å². The summed E-state index contributed by atoms with van der Waals surface area (Å²) < 4.78 is 5.62. The van der Waals surface area contributed by atoms with E-state index in [-0.39, 0.29) is 5.91 Å². The standard InChI is InChI=1S/C16H25NO3/c1-4-6-14(18)11-17-16(19)9-10-20-15-8-5-7-12(2)13(15)3/h5,7-8,14,18H,4,6,9-11H2,1-3H3,(H,17,19). The molecule has 1 amide bonds. The number of amides is 1. The van der Waals surface area contributed by atoms with Crippen molar-refractivity contribution >= 4 is 5.91 Å². The van der Waals surface area contributed by atoms with Crippen LogP contribution in [0.5, 0.6) is 5.75 Å². The van der Waals surface area contributed by atoms with E-state index in [9.17, 15) is 9.90 Å². The first-order valence-corrected chi connectivity index (χ1v) is 7.18. The van der Waals surface area contributed by atoms with Crippen molar-refractivity contribution in [1.82, 2.24) is 5.32 Å². The van der Waals surface area contributed by atoms with Gasteiger partial charge in [0.1, 0.15) is 5.75 Å². The monoisotopic (exact) mass is 279 g/mol. The number of ether oxygens (including phenoxy) is 1. The van der Waals surface area contributed by atoms with E-state index < -0.39 is 6.10 Å². The lowest BCUT2D eigenvalue weighted by atomic mass is 10.1. The number of aryl methyl sites for hydroxylation is 1. The summed E-state index contributed by atoms with van der Waals surface area (Å²) in [6, 6.07) is 5.88. The molecule has 4 heteroatoms. The van der Waals surface area contributed by atoms with Gasteiger partial charge in [0.15, 0.2) is 0 Å². The van der Waals surface area contributed by atoms with E-state index in [1.165, 1.54) is 5.56 Å². The number of aliphatic hydroxyl groups is 1. The van der Waals surface area contributed by atoms with Crippen molar-refractivity contribution < 1.29 is 14.6 Å². The van der Waals surface area contributed by atoms with Gasteiger partial charge in [-0.3, -0.25) is 4.79 Å². The Balaban J connectivity index is 2.26. The fourth-order valence-corrected chi connectivity index (χ4v) is 1.89. The predicted octanol–water partition coefficient (Wildman–Crippen LogP) is 2.35. The largest absolute Gasteiger partial charge is 0.493 e. The van der Waals surface area contributed by atoms with Crippen molar-refractivity contribution in [2.75, 3.05) is 13.2 Å². The Labute approximate surface area is 121 Å². The Hall–Kier alpha value is -1.55. The summed E-state index contributed by atoms with van der Waals surface area (Å²) in [5.41, 5.74) is 2.28. The second-order valence-corrected chi connectivity index (χ2v) is 5.04. The van der Waals surface area contributed by atoms with Crippen LogP contribution in [0.25, 0.3) is 0 Å². The fourth-order valence-electron chi connectivity index (χ4n) is 1.89. The molecule has 0 heterocycles. The predicted molar refractivity (Wildman–Crippen MR) is 80.0 cm³/mol. The Morgan fingerprint density at radius 1 is 1.40 bits per heavy atom. The number of aliphatic hydroxyl groups excluding tert-OH is 1. The molecule has 2 N–H and O–H groups in total. The van der Waals surface area contributed by atoms with Gasteiger partial charge in [0.05, 0.1) is 19.1 Å². The molecule has 0 aromatic heterocycles. The number of benzene rings is 1. The molecule has 1 rings (SSSR count). The minimum atomic E-state index is -0.455. The van der Waals surface area contributed by atoms with Crippen LogP contribution in [0.1, 0.15) is 37.3 Å². The third-order valence-corrected chi connectivity index (χ3v) is 3.30. The van der Waals surface area contributed by atoms with Crippen LogP contribution in [-0.2, 0) is 4.79 Å². The minimum Gasteiger partial charge on any atom is -0.493 e. The summed E-state index contributed by atoms with van der Waals surface area (Å²) in [7, 11) is 0. The molecule has 0 saturated carbocycles. The molecule has 0 fully saturated rings. The SMILES string of the molecule is CCCC(O)CNC(=O)CCOc1cccc(C)c1C. The molecular formula is C16H25NO3. The maximum Gasteiger partial charge on any atom is 0.223 e. The molecule has 0 spiro atoms. The van der Waals surface area contributed by atoms with Crippen molar-refractivity contribution in [3.05, 3.63) is 29.3 Å². The van der Waals surface area contributed by atoms with E-state index in [0.29, 0.717) is 26.0 Å². The van der Waals surface area contributed by atoms with Gasteiger partial charge in [-0.25, -0.2) is 0 Å². The van der Waals surface area contributed by atoms with E-state index in [1.807, 2.05) is 39.0 Å². The lowest BCUT2D eigenvalue weighted by Gasteiger charge is -2.12. The zero-order valence-electron chi connectivity index (χ0n) is 12.6. The maximum absolute atomic E-state index is 11.6. The highest BCUT2D eigenvalue weighted by Gasteiger charge is 2.07. The molecule has 0 aliphatic heterocycles. The molecule has 0 aliphatic rings. The van der Waals surface area contributed by atoms with E-state index in [4.69, 9.17) is 4.74 Å². The number of hydrogen-bond acceptors (Lipinski definition) is 3. The van der Waals surface area contributed by atoms with E-state index in [2.05, 4.69) is 5.32 Å². The maximum atomic E-state index is 11.6. The van der Waals surface area contributed by atoms with E-state index >= 15 is 0 Å². The molecule has 0 saturated heterocycles. The van der Waals surface area contributed by atoms with Crippen LogP contribution in [0.3, 0.4) is 0 Å². The summed E-state index contributed by atoms with van der Waals surface area (Å²) in [5.74, 6) is 0.731. The zero-order valence-corrected chi connectivity index (χ0v) is 12.6. The Morgan fingerprint density at radius 2 is 2.15 bits per heavy atom. The van der Waals surface area contributed by atoms with Gasteiger partial charge in [0.25, 0.3) is 0 Å². The topological polar surface area (TPSA) is 58.6 Å². The number of carbonyl (C=O) groups excluding carboxylic acids is 1. The summed E-state index contributed by atoms with van der Waals surface area (Å²) in [6.07, 6.45) is 1.46. The van der Waals surface area contributed by atoms with Gasteiger partial charge < -0.3 is 15.2 Å². The average molecular weight is 279 g/mol. The van der Waals surface area contributed by atoms with Crippen molar-refractivity contribution in [2.24, 2.45) is 0 Å². The molecule has 1 atom stereocenters. The fraction of sp³-hybridized carbons (Fsp3) is 0.562. The van der Waals surface area contributed by atoms with Crippen LogP contribution in [0, 0.1) is 13.8 Å². The van der Waals surface area contributed by atoms with Gasteiger partial charge in [-0.05, 0) is 37.5 Å². The van der Waals surface area contributed by atoms with Crippen molar-refractivity contribution in [3.63, 3.8) is 0 Å². The van der Waals surface area contributed by atoms with Gasteiger partial charge in [0.2, 0.25) is 5.91 Å². The van der Waals surface area contributed by atoms with Crippen LogP contribution in [0.15, 0.2) is 18.2 Å². The number of hydrogen-bond donors (Lipinski definition) is 2. The quantitative estimate of drug-likeness (QED) is 0.768. The minimum absolute atomic E-state index is 0.0922. The van der Waals surface area contributed by atoms with E-state index in [1.54, 1.807) is 0 Å². The van der Waals surface area contributed by atoms with Crippen LogP contribution < -0.4 is 10.1 Å². The highest BCUT2D eigenvalue weighted by atomic mass is 16.5. The first-order valence-electron chi connectivity index (χ1n) is 7.18. The van der Waals surface area contributed by atoms with Crippen LogP contribution >= 0.6 is 0 Å². The molecule has 0 aliphatic carbocycles. The van der Waals surface area contributed by atoms with Crippen molar-refractivity contribution in [2.45, 2.75) is 46.1 Å². The van der Waals surface area contributed by atoms with E-state index in [0.717, 1.165) is 17.7 Å². The lowest BCUT2D eigenvalue weighted by Crippen LogP contribution is -2.32. The third-order valence-electron chi connectivity index (χ3n) is 3.30. The average Bonchev–Trinajstić information content (AvgIpc) is 2.41. The number of nitrogens with one attached hydrogen (secondary N) is 1. The molecule has 1 aromatic carbocycles. The van der Waals surface area contributed by atoms with Crippen LogP contribution in [0.4, 0.5) is 0 Å². The summed E-state index contributed by atoms with van der Waals surface area (Å²) in [4.78, 5) is 11.6. The zero-order chi connectivity index (χ0) is 15.0. The molecule has 1 unspecified atom stereocenters. The molecule has 20 heavy (non-hydrogen) atoms. The molecule has 4 nitrogen and oxygen atoms in total. The smallest absolute Gasteiger partial charge is 0.223 e. The molecule has 1 aromatic rings. The Kier molecular flexibility index (Phi) is 7.09. The second kappa shape index (κ2) is 8.59. The molecule has 0 radical (unpaired) electrons. The Morgan fingerprint density at radius 3 is 2.85 bits per heavy atom. The number of carbonyl (C=O) groups is 1. The summed E-state index contributed by atoms with van der Waals surface area (Å²) in [6.45, 7) is 6.70. The molecule has 0 bridgehead atoms.